The Hall–Kier alpha value is -0.780. The Morgan fingerprint density at radius 2 is 1.74 bits per heavy atom. The van der Waals surface area contributed by atoms with E-state index < -0.39 is 24.1 Å². The highest BCUT2D eigenvalue weighted by atomic mass is 19.4. The van der Waals surface area contributed by atoms with E-state index in [-0.39, 0.29) is 13.0 Å². The first kappa shape index (κ1) is 18.2. The van der Waals surface area contributed by atoms with Crippen LogP contribution in [0.2, 0.25) is 0 Å². The quantitative estimate of drug-likeness (QED) is 0.521. The second kappa shape index (κ2) is 9.18. The molecular weight excluding hydrogens is 259 g/mol. The molecule has 6 heteroatoms. The van der Waals surface area contributed by atoms with Gasteiger partial charge < -0.3 is 10.5 Å². The van der Waals surface area contributed by atoms with Crippen LogP contribution >= 0.6 is 0 Å². The summed E-state index contributed by atoms with van der Waals surface area (Å²) in [5.74, 6) is -2.11. The van der Waals surface area contributed by atoms with E-state index in [1.165, 1.54) is 0 Å². The first-order valence-electron chi connectivity index (χ1n) is 6.83. The fraction of sp³-hybridized carbons (Fsp3) is 0.923. The molecule has 0 spiro atoms. The lowest BCUT2D eigenvalue weighted by molar-refractivity contribution is -0.177. The maximum atomic E-state index is 12.6. The zero-order valence-corrected chi connectivity index (χ0v) is 11.6. The van der Waals surface area contributed by atoms with Crippen LogP contribution in [0, 0.1) is 5.92 Å². The van der Waals surface area contributed by atoms with Crippen molar-refractivity contribution >= 4 is 5.97 Å². The van der Waals surface area contributed by atoms with Crippen LogP contribution in [-0.2, 0) is 9.53 Å². The molecule has 0 heterocycles. The molecule has 0 fully saturated rings. The van der Waals surface area contributed by atoms with Crippen LogP contribution in [0.15, 0.2) is 0 Å². The lowest BCUT2D eigenvalue weighted by Crippen LogP contribution is -2.47. The SMILES string of the molecule is CCCCC[C@H](C(=O)OCCCC)[C@H](N)C(F)(F)F. The van der Waals surface area contributed by atoms with Crippen molar-refractivity contribution in [1.29, 1.82) is 0 Å². The summed E-state index contributed by atoms with van der Waals surface area (Å²) in [5.41, 5.74) is 5.16. The van der Waals surface area contributed by atoms with Crippen molar-refractivity contribution in [3.05, 3.63) is 0 Å². The average molecular weight is 283 g/mol. The van der Waals surface area contributed by atoms with Crippen molar-refractivity contribution in [3.63, 3.8) is 0 Å². The summed E-state index contributed by atoms with van der Waals surface area (Å²) in [6.45, 7) is 4.01. The van der Waals surface area contributed by atoms with Gasteiger partial charge in [-0.2, -0.15) is 13.2 Å². The maximum Gasteiger partial charge on any atom is 0.404 e. The van der Waals surface area contributed by atoms with Gasteiger partial charge in [-0.15, -0.1) is 0 Å². The average Bonchev–Trinajstić information content (AvgIpc) is 2.33. The van der Waals surface area contributed by atoms with Gasteiger partial charge in [0.25, 0.3) is 0 Å². The standard InChI is InChI=1S/C13H24F3NO2/c1-3-5-7-8-10(11(17)13(14,15)16)12(18)19-9-6-4-2/h10-11H,3-9,17H2,1-2H3/t10-,11-/m0/s1. The summed E-state index contributed by atoms with van der Waals surface area (Å²) < 4.78 is 42.7. The second-order valence-corrected chi connectivity index (χ2v) is 4.69. The summed E-state index contributed by atoms with van der Waals surface area (Å²) in [6.07, 6.45) is -0.774. The Morgan fingerprint density at radius 1 is 1.16 bits per heavy atom. The normalized spacial score (nSPS) is 15.1. The molecule has 0 aromatic heterocycles. The molecule has 0 aliphatic heterocycles. The smallest absolute Gasteiger partial charge is 0.404 e. The van der Waals surface area contributed by atoms with E-state index in [4.69, 9.17) is 10.5 Å². The van der Waals surface area contributed by atoms with E-state index in [9.17, 15) is 18.0 Å². The van der Waals surface area contributed by atoms with Crippen LogP contribution in [0.1, 0.15) is 52.4 Å². The van der Waals surface area contributed by atoms with Crippen molar-refractivity contribution in [2.75, 3.05) is 6.61 Å². The predicted molar refractivity (Wildman–Crippen MR) is 67.5 cm³/mol. The van der Waals surface area contributed by atoms with E-state index in [2.05, 4.69) is 0 Å². The van der Waals surface area contributed by atoms with Gasteiger partial charge in [0, 0.05) is 0 Å². The summed E-state index contributed by atoms with van der Waals surface area (Å²) >= 11 is 0. The van der Waals surface area contributed by atoms with E-state index in [0.29, 0.717) is 12.8 Å². The maximum absolute atomic E-state index is 12.6. The zero-order valence-electron chi connectivity index (χ0n) is 11.6. The molecule has 0 amide bonds. The Morgan fingerprint density at radius 3 is 2.21 bits per heavy atom. The third-order valence-corrected chi connectivity index (χ3v) is 2.98. The molecular formula is C13H24F3NO2. The molecule has 0 rings (SSSR count). The molecule has 114 valence electrons. The summed E-state index contributed by atoms with van der Waals surface area (Å²) in [6, 6.07) is -2.14. The minimum absolute atomic E-state index is 0.124. The number of unbranched alkanes of at least 4 members (excludes halogenated alkanes) is 3. The first-order chi connectivity index (χ1) is 8.84. The van der Waals surface area contributed by atoms with Gasteiger partial charge in [0.1, 0.15) is 6.04 Å². The summed E-state index contributed by atoms with van der Waals surface area (Å²) in [5, 5.41) is 0. The highest BCUT2D eigenvalue weighted by Gasteiger charge is 2.45. The minimum atomic E-state index is -4.57. The summed E-state index contributed by atoms with van der Waals surface area (Å²) in [7, 11) is 0. The first-order valence-corrected chi connectivity index (χ1v) is 6.83. The van der Waals surface area contributed by atoms with Gasteiger partial charge in [0.15, 0.2) is 0 Å². The van der Waals surface area contributed by atoms with Crippen LogP contribution in [0.4, 0.5) is 13.2 Å². The number of rotatable bonds is 9. The van der Waals surface area contributed by atoms with Gasteiger partial charge in [-0.25, -0.2) is 0 Å². The van der Waals surface area contributed by atoms with Crippen LogP contribution in [0.25, 0.3) is 0 Å². The second-order valence-electron chi connectivity index (χ2n) is 4.69. The fourth-order valence-corrected chi connectivity index (χ4v) is 1.71. The Labute approximate surface area is 112 Å². The third-order valence-electron chi connectivity index (χ3n) is 2.98. The highest BCUT2D eigenvalue weighted by Crippen LogP contribution is 2.28. The van der Waals surface area contributed by atoms with Crippen LogP contribution in [0.3, 0.4) is 0 Å². The van der Waals surface area contributed by atoms with Crippen molar-refractivity contribution in [3.8, 4) is 0 Å². The molecule has 0 aromatic rings. The largest absolute Gasteiger partial charge is 0.465 e. The van der Waals surface area contributed by atoms with E-state index in [0.717, 1.165) is 19.3 Å². The Balaban J connectivity index is 4.51. The number of carbonyl (C=O) groups is 1. The molecule has 3 nitrogen and oxygen atoms in total. The molecule has 2 N–H and O–H groups in total. The topological polar surface area (TPSA) is 52.3 Å². The number of hydrogen-bond acceptors (Lipinski definition) is 3. The Bertz CT molecular complexity index is 257. The van der Waals surface area contributed by atoms with Crippen molar-refractivity contribution < 1.29 is 22.7 Å². The number of hydrogen-bond donors (Lipinski definition) is 1. The van der Waals surface area contributed by atoms with Gasteiger partial charge in [-0.05, 0) is 12.8 Å². The number of alkyl halides is 3. The lowest BCUT2D eigenvalue weighted by Gasteiger charge is -2.24. The van der Waals surface area contributed by atoms with Gasteiger partial charge >= 0.3 is 12.1 Å². The monoisotopic (exact) mass is 283 g/mol. The zero-order chi connectivity index (χ0) is 14.9. The minimum Gasteiger partial charge on any atom is -0.465 e. The number of esters is 1. The van der Waals surface area contributed by atoms with Crippen molar-refractivity contribution in [1.82, 2.24) is 0 Å². The van der Waals surface area contributed by atoms with Gasteiger partial charge in [-0.1, -0.05) is 39.5 Å². The van der Waals surface area contributed by atoms with Gasteiger partial charge in [-0.3, -0.25) is 4.79 Å². The van der Waals surface area contributed by atoms with Crippen LogP contribution < -0.4 is 5.73 Å². The van der Waals surface area contributed by atoms with Gasteiger partial charge in [0.2, 0.25) is 0 Å². The van der Waals surface area contributed by atoms with Crippen LogP contribution in [-0.4, -0.2) is 24.8 Å². The molecule has 19 heavy (non-hydrogen) atoms. The van der Waals surface area contributed by atoms with Crippen molar-refractivity contribution in [2.45, 2.75) is 64.6 Å². The predicted octanol–water partition coefficient (Wildman–Crippen LogP) is 3.42. The molecule has 0 saturated carbocycles. The van der Waals surface area contributed by atoms with Gasteiger partial charge in [0.05, 0.1) is 12.5 Å². The number of carbonyl (C=O) groups excluding carboxylic acids is 1. The molecule has 0 saturated heterocycles. The molecule has 0 unspecified atom stereocenters. The fourth-order valence-electron chi connectivity index (χ4n) is 1.71. The molecule has 0 aromatic carbocycles. The third kappa shape index (κ3) is 7.40. The highest BCUT2D eigenvalue weighted by molar-refractivity contribution is 5.73. The van der Waals surface area contributed by atoms with Crippen molar-refractivity contribution in [2.24, 2.45) is 11.7 Å². The number of nitrogens with two attached hydrogens (primary N) is 1. The van der Waals surface area contributed by atoms with E-state index in [1.807, 2.05) is 13.8 Å². The summed E-state index contributed by atoms with van der Waals surface area (Å²) in [4.78, 5) is 11.7. The number of ether oxygens (including phenoxy) is 1. The van der Waals surface area contributed by atoms with E-state index >= 15 is 0 Å². The Kier molecular flexibility index (Phi) is 8.80. The number of halogens is 3. The lowest BCUT2D eigenvalue weighted by atomic mass is 9.93. The van der Waals surface area contributed by atoms with Crippen LogP contribution in [0.5, 0.6) is 0 Å². The molecule has 0 aliphatic carbocycles. The molecule has 0 aliphatic rings. The van der Waals surface area contributed by atoms with E-state index in [1.54, 1.807) is 0 Å². The molecule has 2 atom stereocenters. The molecule has 0 radical (unpaired) electrons. The molecule has 0 bridgehead atoms.